The standard InChI is InChI=1S/C14H16FN3O3/c15-11-3-1-10(2-4-11)5-6-14(19-7-8-20-14)9-12-17-18-13(16)21-12/h1-4H,5-9H2,(H2,16,18). The number of halogens is 1. The van der Waals surface area contributed by atoms with Crippen molar-refractivity contribution in [3.63, 3.8) is 0 Å². The molecule has 3 rings (SSSR count). The van der Waals surface area contributed by atoms with E-state index >= 15 is 0 Å². The van der Waals surface area contributed by atoms with E-state index in [-0.39, 0.29) is 11.8 Å². The molecular formula is C14H16FN3O3. The smallest absolute Gasteiger partial charge is 0.312 e. The van der Waals surface area contributed by atoms with Crippen LogP contribution in [0.2, 0.25) is 0 Å². The van der Waals surface area contributed by atoms with Gasteiger partial charge in [-0.1, -0.05) is 17.2 Å². The molecule has 2 N–H and O–H groups in total. The minimum atomic E-state index is -0.784. The summed E-state index contributed by atoms with van der Waals surface area (Å²) in [5.74, 6) is -0.649. The molecule has 1 aromatic heterocycles. The molecule has 1 aliphatic rings. The number of aromatic nitrogens is 2. The van der Waals surface area contributed by atoms with Crippen LogP contribution in [0.25, 0.3) is 0 Å². The second-order valence-corrected chi connectivity index (χ2v) is 4.94. The van der Waals surface area contributed by atoms with Crippen LogP contribution in [-0.2, 0) is 22.3 Å². The summed E-state index contributed by atoms with van der Waals surface area (Å²) in [6.45, 7) is 1.04. The summed E-state index contributed by atoms with van der Waals surface area (Å²) in [5, 5.41) is 7.47. The quantitative estimate of drug-likeness (QED) is 0.903. The van der Waals surface area contributed by atoms with Crippen LogP contribution >= 0.6 is 0 Å². The molecule has 0 amide bonds. The van der Waals surface area contributed by atoms with Crippen LogP contribution in [0.15, 0.2) is 28.7 Å². The highest BCUT2D eigenvalue weighted by atomic mass is 19.1. The van der Waals surface area contributed by atoms with Crippen LogP contribution in [0, 0.1) is 5.82 Å². The molecule has 112 valence electrons. The number of benzene rings is 1. The first kappa shape index (κ1) is 14.0. The third-order valence-corrected chi connectivity index (χ3v) is 3.42. The van der Waals surface area contributed by atoms with Crippen molar-refractivity contribution in [2.75, 3.05) is 18.9 Å². The molecule has 1 aromatic carbocycles. The highest BCUT2D eigenvalue weighted by Gasteiger charge is 2.38. The molecule has 0 unspecified atom stereocenters. The van der Waals surface area contributed by atoms with Crippen molar-refractivity contribution in [3.8, 4) is 0 Å². The third-order valence-electron chi connectivity index (χ3n) is 3.42. The second-order valence-electron chi connectivity index (χ2n) is 4.94. The maximum absolute atomic E-state index is 12.9. The number of ether oxygens (including phenoxy) is 2. The fourth-order valence-corrected chi connectivity index (χ4v) is 2.39. The topological polar surface area (TPSA) is 83.4 Å². The van der Waals surface area contributed by atoms with Crippen LogP contribution in [0.5, 0.6) is 0 Å². The summed E-state index contributed by atoms with van der Waals surface area (Å²) in [6.07, 6.45) is 1.66. The number of hydrogen-bond donors (Lipinski definition) is 1. The van der Waals surface area contributed by atoms with Crippen molar-refractivity contribution in [2.45, 2.75) is 25.0 Å². The zero-order chi connectivity index (χ0) is 14.7. The van der Waals surface area contributed by atoms with Gasteiger partial charge < -0.3 is 19.6 Å². The molecule has 1 aliphatic heterocycles. The normalized spacial score (nSPS) is 17.2. The van der Waals surface area contributed by atoms with Crippen molar-refractivity contribution < 1.29 is 18.3 Å². The molecule has 1 saturated heterocycles. The Balaban J connectivity index is 1.67. The van der Waals surface area contributed by atoms with Gasteiger partial charge in [0.15, 0.2) is 5.79 Å². The van der Waals surface area contributed by atoms with E-state index in [2.05, 4.69) is 10.2 Å². The second kappa shape index (κ2) is 5.79. The average Bonchev–Trinajstić information content (AvgIpc) is 3.09. The molecule has 1 fully saturated rings. The first-order valence-corrected chi connectivity index (χ1v) is 6.75. The fraction of sp³-hybridized carbons (Fsp3) is 0.429. The molecule has 2 aromatic rings. The largest absolute Gasteiger partial charge is 0.408 e. The monoisotopic (exact) mass is 293 g/mol. The van der Waals surface area contributed by atoms with Gasteiger partial charge >= 0.3 is 6.01 Å². The minimum absolute atomic E-state index is 0.0247. The first-order valence-electron chi connectivity index (χ1n) is 6.75. The first-order chi connectivity index (χ1) is 10.2. The number of nitrogens with two attached hydrogens (primary N) is 1. The summed E-state index contributed by atoms with van der Waals surface area (Å²) in [6, 6.07) is 6.41. The molecule has 21 heavy (non-hydrogen) atoms. The lowest BCUT2D eigenvalue weighted by Gasteiger charge is -2.25. The van der Waals surface area contributed by atoms with Gasteiger partial charge in [0.2, 0.25) is 5.89 Å². The number of rotatable bonds is 5. The maximum Gasteiger partial charge on any atom is 0.312 e. The summed E-state index contributed by atoms with van der Waals surface area (Å²) >= 11 is 0. The van der Waals surface area contributed by atoms with Crippen molar-refractivity contribution >= 4 is 6.01 Å². The van der Waals surface area contributed by atoms with Gasteiger partial charge in [0.05, 0.1) is 19.6 Å². The van der Waals surface area contributed by atoms with Gasteiger partial charge in [-0.25, -0.2) is 4.39 Å². The molecule has 7 heteroatoms. The van der Waals surface area contributed by atoms with Gasteiger partial charge in [0, 0.05) is 6.42 Å². The van der Waals surface area contributed by atoms with Crippen LogP contribution < -0.4 is 5.73 Å². The molecular weight excluding hydrogens is 277 g/mol. The molecule has 2 heterocycles. The third kappa shape index (κ3) is 3.37. The van der Waals surface area contributed by atoms with E-state index in [9.17, 15) is 4.39 Å². The number of aryl methyl sites for hydroxylation is 1. The number of nitrogens with zero attached hydrogens (tertiary/aromatic N) is 2. The Morgan fingerprint density at radius 1 is 1.14 bits per heavy atom. The zero-order valence-corrected chi connectivity index (χ0v) is 11.4. The molecule has 0 spiro atoms. The Morgan fingerprint density at radius 3 is 2.48 bits per heavy atom. The van der Waals surface area contributed by atoms with Gasteiger partial charge in [0.25, 0.3) is 0 Å². The highest BCUT2D eigenvalue weighted by Crippen LogP contribution is 2.29. The van der Waals surface area contributed by atoms with Gasteiger partial charge in [0.1, 0.15) is 5.82 Å². The van der Waals surface area contributed by atoms with E-state index in [1.54, 1.807) is 12.1 Å². The van der Waals surface area contributed by atoms with E-state index in [0.717, 1.165) is 5.56 Å². The number of anilines is 1. The SMILES string of the molecule is Nc1nnc(CC2(CCc3ccc(F)cc3)OCCO2)o1. The fourth-order valence-electron chi connectivity index (χ4n) is 2.39. The number of nitrogen functional groups attached to an aromatic ring is 1. The summed E-state index contributed by atoms with van der Waals surface area (Å²) in [7, 11) is 0. The molecule has 0 saturated carbocycles. The van der Waals surface area contributed by atoms with Crippen LogP contribution in [0.1, 0.15) is 17.9 Å². The highest BCUT2D eigenvalue weighted by molar-refractivity contribution is 5.16. The van der Waals surface area contributed by atoms with E-state index < -0.39 is 5.79 Å². The van der Waals surface area contributed by atoms with Crippen LogP contribution in [0.3, 0.4) is 0 Å². The Bertz CT molecular complexity index is 594. The Morgan fingerprint density at radius 2 is 1.86 bits per heavy atom. The van der Waals surface area contributed by atoms with Crippen molar-refractivity contribution in [1.82, 2.24) is 10.2 Å². The Kier molecular flexibility index (Phi) is 3.85. The lowest BCUT2D eigenvalue weighted by atomic mass is 10.0. The summed E-state index contributed by atoms with van der Waals surface area (Å²) in [4.78, 5) is 0. The zero-order valence-electron chi connectivity index (χ0n) is 11.4. The molecule has 0 atom stereocenters. The van der Waals surface area contributed by atoms with Gasteiger partial charge in [-0.3, -0.25) is 0 Å². The van der Waals surface area contributed by atoms with Crippen molar-refractivity contribution in [3.05, 3.63) is 41.5 Å². The van der Waals surface area contributed by atoms with Gasteiger partial charge in [-0.15, -0.1) is 5.10 Å². The van der Waals surface area contributed by atoms with Crippen molar-refractivity contribution in [2.24, 2.45) is 0 Å². The minimum Gasteiger partial charge on any atom is -0.408 e. The lowest BCUT2D eigenvalue weighted by Crippen LogP contribution is -2.33. The predicted octanol–water partition coefficient (Wildman–Crippen LogP) is 1.71. The van der Waals surface area contributed by atoms with Crippen LogP contribution in [-0.4, -0.2) is 29.2 Å². The molecule has 0 radical (unpaired) electrons. The van der Waals surface area contributed by atoms with Gasteiger partial charge in [-0.05, 0) is 24.1 Å². The summed E-state index contributed by atoms with van der Waals surface area (Å²) in [5.41, 5.74) is 6.43. The van der Waals surface area contributed by atoms with E-state index in [1.807, 2.05) is 0 Å². The summed E-state index contributed by atoms with van der Waals surface area (Å²) < 4.78 is 29.6. The van der Waals surface area contributed by atoms with E-state index in [1.165, 1.54) is 12.1 Å². The maximum atomic E-state index is 12.9. The predicted molar refractivity (Wildman–Crippen MR) is 71.8 cm³/mol. The molecule has 0 aliphatic carbocycles. The van der Waals surface area contributed by atoms with Crippen molar-refractivity contribution in [1.29, 1.82) is 0 Å². The molecule has 0 bridgehead atoms. The van der Waals surface area contributed by atoms with Crippen LogP contribution in [0.4, 0.5) is 10.4 Å². The Labute approximate surface area is 121 Å². The van der Waals surface area contributed by atoms with E-state index in [4.69, 9.17) is 19.6 Å². The van der Waals surface area contributed by atoms with Gasteiger partial charge in [-0.2, -0.15) is 0 Å². The lowest BCUT2D eigenvalue weighted by molar-refractivity contribution is -0.163. The number of hydrogen-bond acceptors (Lipinski definition) is 6. The Hall–Kier alpha value is -1.99. The van der Waals surface area contributed by atoms with E-state index in [0.29, 0.717) is 38.4 Å². The average molecular weight is 293 g/mol. The molecule has 6 nitrogen and oxygen atoms in total.